The minimum atomic E-state index is 0.207. The standard InChI is InChI=1S/C16H25NO/c1-12-15(17-3)11-13-7-5-6-8-14(13)16(12,2)9-10-18-4/h5-8,12,15,17H,9-11H2,1-4H3. The Morgan fingerprint density at radius 2 is 2.11 bits per heavy atom. The fourth-order valence-electron chi connectivity index (χ4n) is 3.39. The third kappa shape index (κ3) is 2.19. The zero-order chi connectivity index (χ0) is 13.2. The predicted molar refractivity (Wildman–Crippen MR) is 76.0 cm³/mol. The van der Waals surface area contributed by atoms with E-state index in [-0.39, 0.29) is 5.41 Å². The third-order valence-corrected chi connectivity index (χ3v) is 4.88. The van der Waals surface area contributed by atoms with Gasteiger partial charge in [0.2, 0.25) is 0 Å². The Hall–Kier alpha value is -0.860. The highest BCUT2D eigenvalue weighted by Gasteiger charge is 2.41. The summed E-state index contributed by atoms with van der Waals surface area (Å²) in [7, 11) is 3.87. The van der Waals surface area contributed by atoms with Gasteiger partial charge in [0.1, 0.15) is 0 Å². The largest absolute Gasteiger partial charge is 0.385 e. The average molecular weight is 247 g/mol. The number of likely N-dealkylation sites (N-methyl/N-ethyl adjacent to an activating group) is 1. The van der Waals surface area contributed by atoms with E-state index in [1.807, 2.05) is 0 Å². The van der Waals surface area contributed by atoms with E-state index in [0.717, 1.165) is 19.4 Å². The molecule has 0 aliphatic heterocycles. The van der Waals surface area contributed by atoms with Crippen LogP contribution in [0.3, 0.4) is 0 Å². The minimum absolute atomic E-state index is 0.207. The van der Waals surface area contributed by atoms with Crippen LogP contribution in [-0.2, 0) is 16.6 Å². The molecule has 0 bridgehead atoms. The summed E-state index contributed by atoms with van der Waals surface area (Å²) in [5, 5.41) is 3.49. The lowest BCUT2D eigenvalue weighted by atomic mass is 9.61. The lowest BCUT2D eigenvalue weighted by Gasteiger charge is -2.46. The minimum Gasteiger partial charge on any atom is -0.385 e. The van der Waals surface area contributed by atoms with Gasteiger partial charge in [-0.25, -0.2) is 0 Å². The molecule has 0 amide bonds. The van der Waals surface area contributed by atoms with Gasteiger partial charge < -0.3 is 10.1 Å². The van der Waals surface area contributed by atoms with E-state index in [1.54, 1.807) is 7.11 Å². The first-order valence-corrected chi connectivity index (χ1v) is 6.88. The van der Waals surface area contributed by atoms with Gasteiger partial charge in [0.25, 0.3) is 0 Å². The van der Waals surface area contributed by atoms with Crippen molar-refractivity contribution in [2.45, 2.75) is 38.1 Å². The van der Waals surface area contributed by atoms with E-state index >= 15 is 0 Å². The molecule has 0 fully saturated rings. The van der Waals surface area contributed by atoms with Crippen LogP contribution in [0.1, 0.15) is 31.4 Å². The second kappa shape index (κ2) is 5.41. The van der Waals surface area contributed by atoms with E-state index in [2.05, 4.69) is 50.5 Å². The quantitative estimate of drug-likeness (QED) is 0.883. The summed E-state index contributed by atoms with van der Waals surface area (Å²) in [4.78, 5) is 0. The monoisotopic (exact) mass is 247 g/mol. The number of hydrogen-bond donors (Lipinski definition) is 1. The Morgan fingerprint density at radius 3 is 2.78 bits per heavy atom. The van der Waals surface area contributed by atoms with Crippen LogP contribution in [0, 0.1) is 5.92 Å². The van der Waals surface area contributed by atoms with Crippen molar-refractivity contribution in [3.63, 3.8) is 0 Å². The lowest BCUT2D eigenvalue weighted by Crippen LogP contribution is -2.49. The van der Waals surface area contributed by atoms with Crippen molar-refractivity contribution in [2.24, 2.45) is 5.92 Å². The molecule has 1 N–H and O–H groups in total. The van der Waals surface area contributed by atoms with Gasteiger partial charge in [0.05, 0.1) is 0 Å². The maximum Gasteiger partial charge on any atom is 0.0470 e. The van der Waals surface area contributed by atoms with Gasteiger partial charge in [-0.05, 0) is 42.3 Å². The van der Waals surface area contributed by atoms with Crippen LogP contribution in [0.25, 0.3) is 0 Å². The summed E-state index contributed by atoms with van der Waals surface area (Å²) in [6, 6.07) is 9.44. The molecule has 0 spiro atoms. The fourth-order valence-corrected chi connectivity index (χ4v) is 3.39. The highest BCUT2D eigenvalue weighted by Crippen LogP contribution is 2.43. The van der Waals surface area contributed by atoms with E-state index in [9.17, 15) is 0 Å². The van der Waals surface area contributed by atoms with Crippen LogP contribution in [0.2, 0.25) is 0 Å². The smallest absolute Gasteiger partial charge is 0.0470 e. The Bertz CT molecular complexity index is 404. The van der Waals surface area contributed by atoms with Crippen LogP contribution in [0.4, 0.5) is 0 Å². The molecule has 1 aliphatic rings. The van der Waals surface area contributed by atoms with Crippen LogP contribution in [0.5, 0.6) is 0 Å². The zero-order valence-electron chi connectivity index (χ0n) is 12.0. The van der Waals surface area contributed by atoms with Gasteiger partial charge in [-0.3, -0.25) is 0 Å². The molecule has 0 aromatic heterocycles. The first-order valence-electron chi connectivity index (χ1n) is 6.88. The first kappa shape index (κ1) is 13.6. The van der Waals surface area contributed by atoms with Crippen molar-refractivity contribution in [2.75, 3.05) is 20.8 Å². The molecule has 2 rings (SSSR count). The highest BCUT2D eigenvalue weighted by molar-refractivity contribution is 5.38. The summed E-state index contributed by atoms with van der Waals surface area (Å²) < 4.78 is 5.32. The molecule has 1 aliphatic carbocycles. The van der Waals surface area contributed by atoms with Gasteiger partial charge in [-0.1, -0.05) is 38.1 Å². The van der Waals surface area contributed by atoms with Gasteiger partial charge in [0.15, 0.2) is 0 Å². The van der Waals surface area contributed by atoms with Gasteiger partial charge in [-0.2, -0.15) is 0 Å². The van der Waals surface area contributed by atoms with E-state index in [4.69, 9.17) is 4.74 Å². The Labute approximate surface area is 111 Å². The van der Waals surface area contributed by atoms with E-state index in [0.29, 0.717) is 12.0 Å². The SMILES string of the molecule is CNC1Cc2ccccc2C(C)(CCOC)C1C. The zero-order valence-corrected chi connectivity index (χ0v) is 12.0. The number of hydrogen-bond acceptors (Lipinski definition) is 2. The van der Waals surface area contributed by atoms with E-state index in [1.165, 1.54) is 11.1 Å². The predicted octanol–water partition coefficient (Wildman–Crippen LogP) is 2.76. The summed E-state index contributed by atoms with van der Waals surface area (Å²) in [5.41, 5.74) is 3.22. The Morgan fingerprint density at radius 1 is 1.39 bits per heavy atom. The van der Waals surface area contributed by atoms with Gasteiger partial charge >= 0.3 is 0 Å². The van der Waals surface area contributed by atoms with Crippen molar-refractivity contribution in [3.05, 3.63) is 35.4 Å². The summed E-state index contributed by atoms with van der Waals surface area (Å²) in [6.45, 7) is 5.58. The van der Waals surface area contributed by atoms with Gasteiger partial charge in [-0.15, -0.1) is 0 Å². The van der Waals surface area contributed by atoms with Crippen LogP contribution in [0.15, 0.2) is 24.3 Å². The number of ether oxygens (including phenoxy) is 1. The summed E-state index contributed by atoms with van der Waals surface area (Å²) in [5.74, 6) is 0.618. The molecule has 0 radical (unpaired) electrons. The summed E-state index contributed by atoms with van der Waals surface area (Å²) in [6.07, 6.45) is 2.22. The molecule has 1 aromatic carbocycles. The molecule has 1 aromatic rings. The number of benzene rings is 1. The van der Waals surface area contributed by atoms with Crippen molar-refractivity contribution in [1.82, 2.24) is 5.32 Å². The maximum absolute atomic E-state index is 5.32. The molecule has 2 heteroatoms. The Kier molecular flexibility index (Phi) is 4.08. The Balaban J connectivity index is 2.41. The van der Waals surface area contributed by atoms with Crippen LogP contribution >= 0.6 is 0 Å². The van der Waals surface area contributed by atoms with Crippen molar-refractivity contribution in [3.8, 4) is 0 Å². The molecular formula is C16H25NO. The molecule has 0 saturated carbocycles. The molecule has 100 valence electrons. The second-order valence-corrected chi connectivity index (χ2v) is 5.71. The normalized spacial score (nSPS) is 31.1. The average Bonchev–Trinajstić information content (AvgIpc) is 2.41. The van der Waals surface area contributed by atoms with E-state index < -0.39 is 0 Å². The number of fused-ring (bicyclic) bond motifs is 1. The van der Waals surface area contributed by atoms with Crippen molar-refractivity contribution < 1.29 is 4.74 Å². The molecule has 3 unspecified atom stereocenters. The topological polar surface area (TPSA) is 21.3 Å². The van der Waals surface area contributed by atoms with Crippen molar-refractivity contribution >= 4 is 0 Å². The first-order chi connectivity index (χ1) is 8.63. The number of nitrogens with one attached hydrogen (secondary N) is 1. The third-order valence-electron chi connectivity index (χ3n) is 4.88. The second-order valence-electron chi connectivity index (χ2n) is 5.71. The molecule has 2 nitrogen and oxygen atoms in total. The highest BCUT2D eigenvalue weighted by atomic mass is 16.5. The molecule has 3 atom stereocenters. The molecule has 0 heterocycles. The maximum atomic E-state index is 5.32. The lowest BCUT2D eigenvalue weighted by molar-refractivity contribution is 0.131. The number of rotatable bonds is 4. The summed E-state index contributed by atoms with van der Waals surface area (Å²) >= 11 is 0. The molecular weight excluding hydrogens is 222 g/mol. The van der Waals surface area contributed by atoms with Crippen LogP contribution in [-0.4, -0.2) is 26.8 Å². The van der Waals surface area contributed by atoms with Crippen molar-refractivity contribution in [1.29, 1.82) is 0 Å². The van der Waals surface area contributed by atoms with Crippen LogP contribution < -0.4 is 5.32 Å². The van der Waals surface area contributed by atoms with Gasteiger partial charge in [0, 0.05) is 19.8 Å². The number of methoxy groups -OCH3 is 1. The molecule has 0 saturated heterocycles. The fraction of sp³-hybridized carbons (Fsp3) is 0.625. The molecule has 18 heavy (non-hydrogen) atoms.